The maximum absolute atomic E-state index is 12.2. The highest BCUT2D eigenvalue weighted by molar-refractivity contribution is 6.01. The molecule has 1 atom stereocenters. The van der Waals surface area contributed by atoms with Gasteiger partial charge in [0.25, 0.3) is 0 Å². The largest absolute Gasteiger partial charge is 0.449 e. The number of benzene rings is 1. The average molecular weight is 284 g/mol. The van der Waals surface area contributed by atoms with Crippen molar-refractivity contribution < 1.29 is 14.3 Å². The molecule has 0 bridgehead atoms. The fraction of sp³-hybridized carbons (Fsp3) is 0.250. The summed E-state index contributed by atoms with van der Waals surface area (Å²) in [6.07, 6.45) is 1.94. The normalized spacial score (nSPS) is 11.8. The Bertz CT molecular complexity index is 648. The standard InChI is InChI=1S/C16H16N2O3/c1-10-4-6-13(7-5-10)15(19)12(3)21-16(20)14-9-17-11(2)8-18-14/h4-9,12H,1-3H3/t12-/m1/s1. The second-order valence-corrected chi connectivity index (χ2v) is 4.82. The Morgan fingerprint density at radius 1 is 1.05 bits per heavy atom. The molecule has 0 aliphatic rings. The van der Waals surface area contributed by atoms with Gasteiger partial charge in [-0.25, -0.2) is 9.78 Å². The van der Waals surface area contributed by atoms with Crippen molar-refractivity contribution in [3.63, 3.8) is 0 Å². The Balaban J connectivity index is 2.05. The minimum Gasteiger partial charge on any atom is -0.449 e. The van der Waals surface area contributed by atoms with Gasteiger partial charge in [0.2, 0.25) is 5.78 Å². The zero-order valence-corrected chi connectivity index (χ0v) is 12.2. The minimum atomic E-state index is -0.872. The molecule has 2 rings (SSSR count). The number of hydrogen-bond donors (Lipinski definition) is 0. The van der Waals surface area contributed by atoms with Crippen molar-refractivity contribution in [2.24, 2.45) is 0 Å². The van der Waals surface area contributed by atoms with Gasteiger partial charge in [0.1, 0.15) is 0 Å². The molecule has 0 fully saturated rings. The molecular weight excluding hydrogens is 268 g/mol. The Kier molecular flexibility index (Phi) is 4.42. The van der Waals surface area contributed by atoms with E-state index >= 15 is 0 Å². The molecule has 2 aromatic rings. The first-order valence-corrected chi connectivity index (χ1v) is 6.58. The molecule has 0 amide bonds. The lowest BCUT2D eigenvalue weighted by atomic mass is 10.1. The third-order valence-electron chi connectivity index (χ3n) is 2.98. The van der Waals surface area contributed by atoms with Crippen LogP contribution in [0.1, 0.15) is 39.0 Å². The summed E-state index contributed by atoms with van der Waals surface area (Å²) < 4.78 is 5.13. The smallest absolute Gasteiger partial charge is 0.359 e. The van der Waals surface area contributed by atoms with Crippen LogP contribution in [0.4, 0.5) is 0 Å². The van der Waals surface area contributed by atoms with Crippen LogP contribution < -0.4 is 0 Å². The van der Waals surface area contributed by atoms with Gasteiger partial charge in [0.05, 0.1) is 11.9 Å². The van der Waals surface area contributed by atoms with E-state index in [1.165, 1.54) is 12.4 Å². The van der Waals surface area contributed by atoms with Gasteiger partial charge in [-0.1, -0.05) is 29.8 Å². The van der Waals surface area contributed by atoms with Crippen molar-refractivity contribution in [1.82, 2.24) is 9.97 Å². The van der Waals surface area contributed by atoms with Gasteiger partial charge < -0.3 is 4.74 Å². The highest BCUT2D eigenvalue weighted by atomic mass is 16.5. The monoisotopic (exact) mass is 284 g/mol. The third-order valence-corrected chi connectivity index (χ3v) is 2.98. The summed E-state index contributed by atoms with van der Waals surface area (Å²) in [4.78, 5) is 31.9. The molecule has 5 heteroatoms. The van der Waals surface area contributed by atoms with Gasteiger partial charge in [0.15, 0.2) is 11.8 Å². The van der Waals surface area contributed by atoms with Gasteiger partial charge in [-0.3, -0.25) is 9.78 Å². The second kappa shape index (κ2) is 6.26. The fourth-order valence-electron chi connectivity index (χ4n) is 1.72. The molecule has 1 aromatic heterocycles. The number of aromatic nitrogens is 2. The zero-order valence-electron chi connectivity index (χ0n) is 12.2. The molecule has 0 saturated heterocycles. The van der Waals surface area contributed by atoms with Crippen molar-refractivity contribution in [3.8, 4) is 0 Å². The van der Waals surface area contributed by atoms with Crippen LogP contribution in [0.2, 0.25) is 0 Å². The van der Waals surface area contributed by atoms with E-state index in [-0.39, 0.29) is 11.5 Å². The van der Waals surface area contributed by atoms with Crippen LogP contribution in [0.3, 0.4) is 0 Å². The van der Waals surface area contributed by atoms with Crippen LogP contribution in [0.25, 0.3) is 0 Å². The molecule has 0 N–H and O–H groups in total. The zero-order chi connectivity index (χ0) is 15.4. The SMILES string of the molecule is Cc1ccc(C(=O)[C@@H](C)OC(=O)c2cnc(C)cn2)cc1. The highest BCUT2D eigenvalue weighted by Crippen LogP contribution is 2.10. The van der Waals surface area contributed by atoms with E-state index in [2.05, 4.69) is 9.97 Å². The van der Waals surface area contributed by atoms with E-state index in [4.69, 9.17) is 4.74 Å². The average Bonchev–Trinajstić information content (AvgIpc) is 2.47. The lowest BCUT2D eigenvalue weighted by Gasteiger charge is -2.12. The first-order valence-electron chi connectivity index (χ1n) is 6.58. The number of nitrogens with zero attached hydrogens (tertiary/aromatic N) is 2. The quantitative estimate of drug-likeness (QED) is 0.637. The number of Topliss-reactive ketones (excluding diaryl/α,β-unsaturated/α-hetero) is 1. The van der Waals surface area contributed by atoms with Crippen LogP contribution in [-0.2, 0) is 4.74 Å². The lowest BCUT2D eigenvalue weighted by Crippen LogP contribution is -2.25. The van der Waals surface area contributed by atoms with Crippen molar-refractivity contribution >= 4 is 11.8 Å². The Labute approximate surface area is 123 Å². The molecule has 1 aromatic carbocycles. The number of ketones is 1. The van der Waals surface area contributed by atoms with Crippen molar-refractivity contribution in [2.75, 3.05) is 0 Å². The summed E-state index contributed by atoms with van der Waals surface area (Å²) in [7, 11) is 0. The second-order valence-electron chi connectivity index (χ2n) is 4.82. The minimum absolute atomic E-state index is 0.0872. The van der Waals surface area contributed by atoms with E-state index < -0.39 is 12.1 Å². The Morgan fingerprint density at radius 3 is 2.29 bits per heavy atom. The Hall–Kier alpha value is -2.56. The van der Waals surface area contributed by atoms with Crippen LogP contribution in [-0.4, -0.2) is 27.8 Å². The number of carbonyl (C=O) groups excluding carboxylic acids is 2. The van der Waals surface area contributed by atoms with Gasteiger partial charge in [-0.05, 0) is 20.8 Å². The number of aryl methyl sites for hydroxylation is 2. The molecule has 0 aliphatic carbocycles. The maximum Gasteiger partial charge on any atom is 0.359 e. The maximum atomic E-state index is 12.2. The predicted octanol–water partition coefficient (Wildman–Crippen LogP) is 2.52. The van der Waals surface area contributed by atoms with Crippen molar-refractivity contribution in [3.05, 3.63) is 59.2 Å². The molecule has 0 unspecified atom stereocenters. The van der Waals surface area contributed by atoms with Crippen LogP contribution in [0, 0.1) is 13.8 Å². The molecular formula is C16H16N2O3. The van der Waals surface area contributed by atoms with Gasteiger partial charge in [-0.15, -0.1) is 0 Å². The van der Waals surface area contributed by atoms with Crippen molar-refractivity contribution in [2.45, 2.75) is 26.9 Å². The first-order chi connectivity index (χ1) is 9.97. The molecule has 0 saturated carbocycles. The summed E-state index contributed by atoms with van der Waals surface area (Å²) >= 11 is 0. The topological polar surface area (TPSA) is 69.2 Å². The number of rotatable bonds is 4. The van der Waals surface area contributed by atoms with Gasteiger partial charge in [-0.2, -0.15) is 0 Å². The molecule has 0 spiro atoms. The molecule has 21 heavy (non-hydrogen) atoms. The van der Waals surface area contributed by atoms with Crippen LogP contribution in [0.15, 0.2) is 36.7 Å². The summed E-state index contributed by atoms with van der Waals surface area (Å²) in [6.45, 7) is 5.25. The molecule has 0 radical (unpaired) electrons. The van der Waals surface area contributed by atoms with E-state index in [1.807, 2.05) is 19.1 Å². The summed E-state index contributed by atoms with van der Waals surface area (Å²) in [6, 6.07) is 7.11. The van der Waals surface area contributed by atoms with Gasteiger partial charge in [0, 0.05) is 11.8 Å². The van der Waals surface area contributed by atoms with Crippen LogP contribution in [0.5, 0.6) is 0 Å². The van der Waals surface area contributed by atoms with Crippen molar-refractivity contribution in [1.29, 1.82) is 0 Å². The molecule has 0 aliphatic heterocycles. The number of ether oxygens (including phenoxy) is 1. The first kappa shape index (κ1) is 14.8. The number of hydrogen-bond acceptors (Lipinski definition) is 5. The third kappa shape index (κ3) is 3.72. The molecule has 1 heterocycles. The summed E-state index contributed by atoms with van der Waals surface area (Å²) in [5.74, 6) is -0.904. The van der Waals surface area contributed by atoms with Gasteiger partial charge >= 0.3 is 5.97 Å². The van der Waals surface area contributed by atoms with E-state index in [0.29, 0.717) is 11.3 Å². The Morgan fingerprint density at radius 2 is 1.71 bits per heavy atom. The lowest BCUT2D eigenvalue weighted by molar-refractivity contribution is 0.0312. The predicted molar refractivity (Wildman–Crippen MR) is 77.2 cm³/mol. The summed E-state index contributed by atoms with van der Waals surface area (Å²) in [5, 5.41) is 0. The fourth-order valence-corrected chi connectivity index (χ4v) is 1.72. The number of esters is 1. The van der Waals surface area contributed by atoms with E-state index in [9.17, 15) is 9.59 Å². The highest BCUT2D eigenvalue weighted by Gasteiger charge is 2.21. The van der Waals surface area contributed by atoms with Crippen LogP contribution >= 0.6 is 0 Å². The molecule has 108 valence electrons. The summed E-state index contributed by atoms with van der Waals surface area (Å²) in [5.41, 5.74) is 2.36. The molecule has 5 nitrogen and oxygen atoms in total. The number of carbonyl (C=O) groups is 2. The van der Waals surface area contributed by atoms with E-state index in [1.54, 1.807) is 26.0 Å². The van der Waals surface area contributed by atoms with E-state index in [0.717, 1.165) is 5.56 Å².